The third kappa shape index (κ3) is 4.11. The first-order valence-electron chi connectivity index (χ1n) is 9.20. The molecule has 29 heavy (non-hydrogen) atoms. The topological polar surface area (TPSA) is 54.8 Å². The lowest BCUT2D eigenvalue weighted by atomic mass is 10.1. The maximum atomic E-state index is 12.8. The predicted molar refractivity (Wildman–Crippen MR) is 108 cm³/mol. The highest BCUT2D eigenvalue weighted by Crippen LogP contribution is 2.36. The molecule has 4 rings (SSSR count). The van der Waals surface area contributed by atoms with Crippen molar-refractivity contribution in [2.75, 3.05) is 12.4 Å². The molecule has 0 aliphatic carbocycles. The lowest BCUT2D eigenvalue weighted by Crippen LogP contribution is -2.06. The van der Waals surface area contributed by atoms with E-state index in [9.17, 15) is 13.2 Å². The molecule has 1 atom stereocenters. The summed E-state index contributed by atoms with van der Waals surface area (Å²) in [6, 6.07) is 8.19. The Kier molecular flexibility index (Phi) is 5.26. The summed E-state index contributed by atoms with van der Waals surface area (Å²) in [7, 11) is 1.84. The summed E-state index contributed by atoms with van der Waals surface area (Å²) in [5.74, 6) is 1.81. The Morgan fingerprint density at radius 2 is 2.03 bits per heavy atom. The van der Waals surface area contributed by atoms with E-state index >= 15 is 0 Å². The number of nitrogens with zero attached hydrogens (tertiary/aromatic N) is 3. The van der Waals surface area contributed by atoms with E-state index in [-0.39, 0.29) is 0 Å². The summed E-state index contributed by atoms with van der Waals surface area (Å²) in [5.41, 5.74) is 1.67. The molecule has 3 aromatic rings. The number of rotatable bonds is 5. The second kappa shape index (κ2) is 7.72. The fraction of sp³-hybridized carbons (Fsp3) is 0.300. The van der Waals surface area contributed by atoms with Crippen LogP contribution in [0.4, 0.5) is 24.7 Å². The summed E-state index contributed by atoms with van der Waals surface area (Å²) in [4.78, 5) is 9.75. The van der Waals surface area contributed by atoms with Crippen molar-refractivity contribution in [1.82, 2.24) is 19.3 Å². The first kappa shape index (κ1) is 19.8. The first-order chi connectivity index (χ1) is 13.8. The molecule has 152 valence electrons. The Labute approximate surface area is 170 Å². The van der Waals surface area contributed by atoms with Crippen LogP contribution in [0.2, 0.25) is 0 Å². The molecule has 1 aliphatic rings. The van der Waals surface area contributed by atoms with Crippen LogP contribution in [-0.2, 0) is 12.7 Å². The summed E-state index contributed by atoms with van der Waals surface area (Å²) >= 11 is 1.48. The highest BCUT2D eigenvalue weighted by Gasteiger charge is 2.30. The molecule has 1 aliphatic heterocycles. The molecule has 2 N–H and O–H groups in total. The van der Waals surface area contributed by atoms with Crippen LogP contribution in [0.5, 0.6) is 0 Å². The quantitative estimate of drug-likeness (QED) is 0.539. The Hall–Kier alpha value is -2.52. The molecule has 1 aromatic carbocycles. The van der Waals surface area contributed by atoms with E-state index in [1.165, 1.54) is 18.0 Å². The van der Waals surface area contributed by atoms with Crippen molar-refractivity contribution in [3.8, 4) is 11.3 Å². The molecule has 3 heterocycles. The minimum absolute atomic E-state index is 0.341. The fourth-order valence-electron chi connectivity index (χ4n) is 3.39. The van der Waals surface area contributed by atoms with Gasteiger partial charge in [-0.25, -0.2) is 9.97 Å². The first-order valence-corrected chi connectivity index (χ1v) is 10.0. The Balaban J connectivity index is 1.69. The van der Waals surface area contributed by atoms with E-state index in [2.05, 4.69) is 26.5 Å². The van der Waals surface area contributed by atoms with Crippen molar-refractivity contribution >= 4 is 23.5 Å². The molecule has 9 heteroatoms. The van der Waals surface area contributed by atoms with Gasteiger partial charge in [0.05, 0.1) is 11.3 Å². The molecule has 1 unspecified atom stereocenters. The van der Waals surface area contributed by atoms with Crippen molar-refractivity contribution < 1.29 is 13.2 Å². The number of hydrogen-bond donors (Lipinski definition) is 2. The molecular formula is C20H20F3N5S. The van der Waals surface area contributed by atoms with Crippen LogP contribution < -0.4 is 10.0 Å². The number of imidazole rings is 1. The van der Waals surface area contributed by atoms with Crippen LogP contribution in [0, 0.1) is 0 Å². The van der Waals surface area contributed by atoms with Crippen LogP contribution in [0.1, 0.15) is 30.7 Å². The Bertz CT molecular complexity index is 1010. The van der Waals surface area contributed by atoms with Gasteiger partial charge in [0.2, 0.25) is 0 Å². The zero-order valence-corrected chi connectivity index (χ0v) is 16.7. The summed E-state index contributed by atoms with van der Waals surface area (Å²) in [6.07, 6.45) is -0.456. The SMILES string of the molecule is CNSc1ccc(Nc2ccc(C(F)(F)F)cn2)c(-c2cn3c(n2)C(C)CC3)c1. The third-order valence-electron chi connectivity index (χ3n) is 4.89. The van der Waals surface area contributed by atoms with Gasteiger partial charge in [0, 0.05) is 41.0 Å². The monoisotopic (exact) mass is 419 g/mol. The average Bonchev–Trinajstić information content (AvgIpc) is 3.25. The van der Waals surface area contributed by atoms with E-state index in [4.69, 9.17) is 4.98 Å². The lowest BCUT2D eigenvalue weighted by molar-refractivity contribution is -0.137. The average molecular weight is 419 g/mol. The zero-order valence-electron chi connectivity index (χ0n) is 15.9. The van der Waals surface area contributed by atoms with Gasteiger partial charge in [0.1, 0.15) is 11.6 Å². The van der Waals surface area contributed by atoms with Crippen LogP contribution in [-0.4, -0.2) is 21.6 Å². The number of alkyl halides is 3. The lowest BCUT2D eigenvalue weighted by Gasteiger charge is -2.13. The number of aromatic nitrogens is 3. The number of fused-ring (bicyclic) bond motifs is 1. The van der Waals surface area contributed by atoms with Gasteiger partial charge in [-0.05, 0) is 55.7 Å². The minimum Gasteiger partial charge on any atom is -0.340 e. The van der Waals surface area contributed by atoms with Crippen molar-refractivity contribution in [2.24, 2.45) is 0 Å². The van der Waals surface area contributed by atoms with Crippen molar-refractivity contribution in [2.45, 2.75) is 36.9 Å². The number of aryl methyl sites for hydroxylation is 1. The molecule has 0 bridgehead atoms. The second-order valence-electron chi connectivity index (χ2n) is 6.94. The molecule has 0 fully saturated rings. The van der Waals surface area contributed by atoms with Gasteiger partial charge in [-0.1, -0.05) is 6.92 Å². The van der Waals surface area contributed by atoms with Crippen molar-refractivity contribution in [3.63, 3.8) is 0 Å². The van der Waals surface area contributed by atoms with E-state index in [0.717, 1.165) is 52.9 Å². The largest absolute Gasteiger partial charge is 0.417 e. The van der Waals surface area contributed by atoms with Crippen molar-refractivity contribution in [1.29, 1.82) is 0 Å². The van der Waals surface area contributed by atoms with Gasteiger partial charge in [0.25, 0.3) is 0 Å². The number of nitrogens with one attached hydrogen (secondary N) is 2. The van der Waals surface area contributed by atoms with E-state index in [1.54, 1.807) is 0 Å². The normalized spacial score (nSPS) is 16.1. The molecule has 0 saturated carbocycles. The summed E-state index contributed by atoms with van der Waals surface area (Å²) < 4.78 is 43.6. The van der Waals surface area contributed by atoms with Crippen LogP contribution in [0.25, 0.3) is 11.3 Å². The molecule has 2 aromatic heterocycles. The molecule has 0 amide bonds. The molecule has 0 spiro atoms. The maximum Gasteiger partial charge on any atom is 0.417 e. The maximum absolute atomic E-state index is 12.8. The highest BCUT2D eigenvalue weighted by molar-refractivity contribution is 7.97. The van der Waals surface area contributed by atoms with E-state index in [0.29, 0.717) is 11.7 Å². The number of hydrogen-bond acceptors (Lipinski definition) is 5. The Morgan fingerprint density at radius 1 is 1.21 bits per heavy atom. The van der Waals surface area contributed by atoms with Gasteiger partial charge in [-0.2, -0.15) is 13.2 Å². The molecule has 5 nitrogen and oxygen atoms in total. The highest BCUT2D eigenvalue weighted by atomic mass is 32.2. The number of anilines is 2. The van der Waals surface area contributed by atoms with Crippen LogP contribution in [0.3, 0.4) is 0 Å². The van der Waals surface area contributed by atoms with Crippen molar-refractivity contribution in [3.05, 3.63) is 54.1 Å². The van der Waals surface area contributed by atoms with Gasteiger partial charge in [-0.15, -0.1) is 0 Å². The van der Waals surface area contributed by atoms with Crippen LogP contribution >= 0.6 is 11.9 Å². The minimum atomic E-state index is -4.41. The van der Waals surface area contributed by atoms with Crippen LogP contribution in [0.15, 0.2) is 47.6 Å². The molecule has 0 radical (unpaired) electrons. The van der Waals surface area contributed by atoms with Gasteiger partial charge in [-0.3, -0.25) is 4.72 Å². The fourth-order valence-corrected chi connectivity index (χ4v) is 3.94. The zero-order chi connectivity index (χ0) is 20.6. The number of benzene rings is 1. The summed E-state index contributed by atoms with van der Waals surface area (Å²) in [6.45, 7) is 3.10. The van der Waals surface area contributed by atoms with E-state index in [1.807, 2.05) is 31.4 Å². The van der Waals surface area contributed by atoms with Gasteiger partial charge < -0.3 is 9.88 Å². The smallest absolute Gasteiger partial charge is 0.340 e. The number of halogens is 3. The van der Waals surface area contributed by atoms with Gasteiger partial charge in [0.15, 0.2) is 0 Å². The Morgan fingerprint density at radius 3 is 2.69 bits per heavy atom. The standard InChI is InChI=1S/C20H20F3N5S/c1-12-7-8-28-11-17(27-19(12)28)15-9-14(29-24-2)4-5-16(15)26-18-6-3-13(10-25-18)20(21,22)23/h3-6,9-12,24H,7-8H2,1-2H3,(H,25,26). The molecule has 0 saturated heterocycles. The van der Waals surface area contributed by atoms with E-state index < -0.39 is 11.7 Å². The predicted octanol–water partition coefficient (Wildman–Crippen LogP) is 5.44. The number of pyridine rings is 1. The third-order valence-corrected chi connectivity index (χ3v) is 5.59. The summed E-state index contributed by atoms with van der Waals surface area (Å²) in [5, 5.41) is 3.14. The van der Waals surface area contributed by atoms with Gasteiger partial charge >= 0.3 is 6.18 Å². The molecular weight excluding hydrogens is 399 g/mol. The second-order valence-corrected chi connectivity index (χ2v) is 8.02.